The second kappa shape index (κ2) is 4.87. The van der Waals surface area contributed by atoms with Crippen LogP contribution >= 0.6 is 15.9 Å². The molecular weight excluding hydrogens is 300 g/mol. The predicted octanol–water partition coefficient (Wildman–Crippen LogP) is 0.975. The van der Waals surface area contributed by atoms with Crippen LogP contribution in [0, 0.1) is 5.92 Å². The minimum absolute atomic E-state index is 0.273. The highest BCUT2D eigenvalue weighted by Crippen LogP contribution is 2.26. The zero-order valence-corrected chi connectivity index (χ0v) is 12.3. The highest BCUT2D eigenvalue weighted by atomic mass is 79.9. The summed E-state index contributed by atoms with van der Waals surface area (Å²) in [5.41, 5.74) is 0. The Balaban J connectivity index is 2.17. The van der Waals surface area contributed by atoms with Crippen LogP contribution in [-0.4, -0.2) is 52.3 Å². The molecule has 1 fully saturated rings. The van der Waals surface area contributed by atoms with E-state index in [4.69, 9.17) is 0 Å². The first-order chi connectivity index (χ1) is 8.41. The van der Waals surface area contributed by atoms with Crippen molar-refractivity contribution in [1.82, 2.24) is 15.1 Å². The van der Waals surface area contributed by atoms with Gasteiger partial charge in [0.2, 0.25) is 0 Å². The molecule has 2 atom stereocenters. The van der Waals surface area contributed by atoms with Gasteiger partial charge in [-0.3, -0.25) is 10.1 Å². The summed E-state index contributed by atoms with van der Waals surface area (Å²) in [6.07, 6.45) is 0.548. The molecule has 1 saturated heterocycles. The van der Waals surface area contributed by atoms with E-state index in [0.29, 0.717) is 10.7 Å². The third-order valence-electron chi connectivity index (χ3n) is 3.26. The van der Waals surface area contributed by atoms with Crippen molar-refractivity contribution in [3.05, 3.63) is 0 Å². The molecule has 0 spiro atoms. The fraction of sp³-hybridized carbons (Fsp3) is 0.727. The number of carbonyl (C=O) groups excluding carboxylic acids is 2. The maximum absolute atomic E-state index is 11.9. The van der Waals surface area contributed by atoms with E-state index in [0.717, 1.165) is 13.0 Å². The molecule has 0 bridgehead atoms. The number of nitrogens with zero attached hydrogens (tertiary/aromatic N) is 3. The molecular formula is C11H17BrN4O2. The van der Waals surface area contributed by atoms with Crippen LogP contribution in [0.1, 0.15) is 20.3 Å². The lowest BCUT2D eigenvalue weighted by molar-refractivity contribution is -0.127. The normalized spacial score (nSPS) is 27.5. The molecule has 2 unspecified atom stereocenters. The number of carbonyl (C=O) groups is 2. The van der Waals surface area contributed by atoms with Gasteiger partial charge in [0.25, 0.3) is 5.91 Å². The van der Waals surface area contributed by atoms with Gasteiger partial charge in [0.15, 0.2) is 17.0 Å². The molecule has 7 heteroatoms. The number of amides is 3. The van der Waals surface area contributed by atoms with Gasteiger partial charge in [0.05, 0.1) is 0 Å². The maximum atomic E-state index is 11.9. The number of hydrogen-bond acceptors (Lipinski definition) is 4. The second-order valence-electron chi connectivity index (χ2n) is 5.04. The predicted molar refractivity (Wildman–Crippen MR) is 71.4 cm³/mol. The van der Waals surface area contributed by atoms with Gasteiger partial charge < -0.3 is 9.80 Å². The van der Waals surface area contributed by atoms with Gasteiger partial charge in [-0.05, 0) is 28.3 Å². The van der Waals surface area contributed by atoms with Crippen LogP contribution in [0.4, 0.5) is 4.79 Å². The Morgan fingerprint density at radius 3 is 2.72 bits per heavy atom. The van der Waals surface area contributed by atoms with Crippen molar-refractivity contribution in [2.45, 2.75) is 32.5 Å². The Morgan fingerprint density at radius 2 is 2.11 bits per heavy atom. The first kappa shape index (κ1) is 13.3. The van der Waals surface area contributed by atoms with Crippen molar-refractivity contribution in [2.24, 2.45) is 10.9 Å². The van der Waals surface area contributed by atoms with E-state index in [1.807, 2.05) is 4.90 Å². The molecule has 2 rings (SSSR count). The molecule has 3 amide bonds. The summed E-state index contributed by atoms with van der Waals surface area (Å²) in [6.45, 7) is 5.02. The Hall–Kier alpha value is -1.11. The first-order valence-corrected chi connectivity index (χ1v) is 6.78. The number of rotatable bonds is 3. The first-order valence-electron chi connectivity index (χ1n) is 5.99. The maximum Gasteiger partial charge on any atom is 0.325 e. The molecule has 6 nitrogen and oxygen atoms in total. The minimum atomic E-state index is -0.423. The third kappa shape index (κ3) is 2.23. The number of aliphatic imine (C=N–C) groups is 1. The topological polar surface area (TPSA) is 65.0 Å². The number of amidine groups is 1. The highest BCUT2D eigenvalue weighted by molar-refractivity contribution is 9.18. The third-order valence-corrected chi connectivity index (χ3v) is 3.92. The van der Waals surface area contributed by atoms with Crippen molar-refractivity contribution in [3.63, 3.8) is 0 Å². The van der Waals surface area contributed by atoms with Crippen LogP contribution in [0.15, 0.2) is 4.99 Å². The van der Waals surface area contributed by atoms with E-state index in [9.17, 15) is 9.59 Å². The molecule has 0 aromatic heterocycles. The Kier molecular flexibility index (Phi) is 3.61. The molecule has 1 N–H and O–H groups in total. The van der Waals surface area contributed by atoms with Crippen molar-refractivity contribution in [2.75, 3.05) is 13.6 Å². The summed E-state index contributed by atoms with van der Waals surface area (Å²) in [7, 11) is 1.65. The monoisotopic (exact) mass is 316 g/mol. The average molecular weight is 317 g/mol. The Bertz CT molecular complexity index is 410. The molecule has 0 aromatic carbocycles. The summed E-state index contributed by atoms with van der Waals surface area (Å²) >= 11 is 3.38. The Labute approximate surface area is 115 Å². The van der Waals surface area contributed by atoms with Crippen molar-refractivity contribution in [1.29, 1.82) is 0 Å². The summed E-state index contributed by atoms with van der Waals surface area (Å²) in [6, 6.07) is -0.808. The molecule has 0 saturated carbocycles. The lowest BCUT2D eigenvalue weighted by Crippen LogP contribution is -2.63. The summed E-state index contributed by atoms with van der Waals surface area (Å²) in [4.78, 5) is 31.2. The van der Waals surface area contributed by atoms with Crippen LogP contribution < -0.4 is 5.32 Å². The van der Waals surface area contributed by atoms with Crippen LogP contribution in [0.3, 0.4) is 0 Å². The SMILES string of the molecule is CC(C)CCN1C(Br)=NC2C1C(=O)NC(=O)N2C. The summed E-state index contributed by atoms with van der Waals surface area (Å²) in [5, 5.41) is 2.35. The molecule has 100 valence electrons. The number of hydrogen-bond donors (Lipinski definition) is 1. The molecule has 0 aliphatic carbocycles. The van der Waals surface area contributed by atoms with Crippen molar-refractivity contribution >= 4 is 32.6 Å². The van der Waals surface area contributed by atoms with Gasteiger partial charge in [0, 0.05) is 13.6 Å². The number of likely N-dealkylation sites (N-methyl/N-ethyl adjacent to an activating group) is 1. The standard InChI is InChI=1S/C11H17BrN4O2/c1-6(2)4-5-16-7-8(13-10(16)12)15(3)11(18)14-9(7)17/h6-8H,4-5H2,1-3H3,(H,14,17,18). The zero-order valence-electron chi connectivity index (χ0n) is 10.7. The molecule has 2 heterocycles. The van der Waals surface area contributed by atoms with E-state index < -0.39 is 18.2 Å². The van der Waals surface area contributed by atoms with Crippen LogP contribution in [-0.2, 0) is 4.79 Å². The minimum Gasteiger partial charge on any atom is -0.335 e. The molecule has 0 aromatic rings. The number of nitrogens with one attached hydrogen (secondary N) is 1. The fourth-order valence-corrected chi connectivity index (χ4v) is 2.73. The number of imide groups is 1. The molecule has 0 radical (unpaired) electrons. The lowest BCUT2D eigenvalue weighted by atomic mass is 10.1. The van der Waals surface area contributed by atoms with Crippen molar-refractivity contribution < 1.29 is 9.59 Å². The highest BCUT2D eigenvalue weighted by Gasteiger charge is 2.47. The number of urea groups is 1. The number of halogens is 1. The largest absolute Gasteiger partial charge is 0.335 e. The molecule has 2 aliphatic heterocycles. The molecule has 2 aliphatic rings. The number of fused-ring (bicyclic) bond motifs is 1. The van der Waals surface area contributed by atoms with Crippen LogP contribution in [0.25, 0.3) is 0 Å². The quantitative estimate of drug-likeness (QED) is 0.789. The lowest BCUT2D eigenvalue weighted by Gasteiger charge is -2.36. The second-order valence-corrected chi connectivity index (χ2v) is 5.75. The van der Waals surface area contributed by atoms with Gasteiger partial charge in [-0.15, -0.1) is 0 Å². The van der Waals surface area contributed by atoms with Gasteiger partial charge >= 0.3 is 6.03 Å². The Morgan fingerprint density at radius 1 is 1.44 bits per heavy atom. The van der Waals surface area contributed by atoms with Gasteiger partial charge in [-0.1, -0.05) is 13.8 Å². The average Bonchev–Trinajstić information content (AvgIpc) is 2.61. The van der Waals surface area contributed by atoms with Gasteiger partial charge in [0.1, 0.15) is 0 Å². The summed E-state index contributed by atoms with van der Waals surface area (Å²) < 4.78 is 0.648. The summed E-state index contributed by atoms with van der Waals surface area (Å²) in [5.74, 6) is 0.278. The van der Waals surface area contributed by atoms with E-state index in [1.54, 1.807) is 7.05 Å². The van der Waals surface area contributed by atoms with Crippen molar-refractivity contribution in [3.8, 4) is 0 Å². The van der Waals surface area contributed by atoms with E-state index in [-0.39, 0.29) is 5.91 Å². The van der Waals surface area contributed by atoms with Crippen LogP contribution in [0.5, 0.6) is 0 Å². The zero-order chi connectivity index (χ0) is 13.4. The van der Waals surface area contributed by atoms with Gasteiger partial charge in [-0.25, -0.2) is 9.79 Å². The van der Waals surface area contributed by atoms with E-state index in [2.05, 4.69) is 40.1 Å². The fourth-order valence-electron chi connectivity index (χ4n) is 2.12. The van der Waals surface area contributed by atoms with E-state index >= 15 is 0 Å². The molecule has 18 heavy (non-hydrogen) atoms. The van der Waals surface area contributed by atoms with Gasteiger partial charge in [-0.2, -0.15) is 0 Å². The smallest absolute Gasteiger partial charge is 0.325 e. The van der Waals surface area contributed by atoms with E-state index in [1.165, 1.54) is 4.90 Å². The van der Waals surface area contributed by atoms with Crippen LogP contribution in [0.2, 0.25) is 0 Å².